The number of esters is 1. The number of primary amides is 1. The van der Waals surface area contributed by atoms with Gasteiger partial charge >= 0.3 is 12.0 Å². The van der Waals surface area contributed by atoms with Gasteiger partial charge in [0.15, 0.2) is 0 Å². The molecule has 0 aliphatic rings. The second kappa shape index (κ2) is 4.97. The van der Waals surface area contributed by atoms with Crippen molar-refractivity contribution in [1.29, 1.82) is 0 Å². The van der Waals surface area contributed by atoms with E-state index >= 15 is 0 Å². The van der Waals surface area contributed by atoms with Gasteiger partial charge in [0, 0.05) is 17.3 Å². The Kier molecular flexibility index (Phi) is 3.66. The molecule has 0 spiro atoms. The zero-order valence-electron chi connectivity index (χ0n) is 8.82. The molecule has 0 radical (unpaired) electrons. The summed E-state index contributed by atoms with van der Waals surface area (Å²) in [5, 5.41) is 2.37. The minimum Gasteiger partial charge on any atom is -0.423 e. The molecule has 2 amide bonds. The van der Waals surface area contributed by atoms with E-state index in [1.54, 1.807) is 25.1 Å². The molecule has 5 nitrogen and oxygen atoms in total. The molecule has 3 N–H and O–H groups in total. The normalized spacial score (nSPS) is 9.31. The lowest BCUT2D eigenvalue weighted by Gasteiger charge is -2.06. The van der Waals surface area contributed by atoms with E-state index in [4.69, 9.17) is 10.5 Å². The summed E-state index contributed by atoms with van der Waals surface area (Å²) >= 11 is 0. The van der Waals surface area contributed by atoms with Crippen LogP contribution in [-0.4, -0.2) is 12.0 Å². The second-order valence-electron chi connectivity index (χ2n) is 3.19. The van der Waals surface area contributed by atoms with Crippen molar-refractivity contribution in [1.82, 2.24) is 0 Å². The van der Waals surface area contributed by atoms with E-state index in [9.17, 15) is 9.59 Å². The number of hydrogen-bond donors (Lipinski definition) is 2. The van der Waals surface area contributed by atoms with Crippen LogP contribution in [0, 0.1) is 0 Å². The van der Waals surface area contributed by atoms with Crippen molar-refractivity contribution in [2.45, 2.75) is 6.92 Å². The number of ether oxygens (including phenoxy) is 1. The minimum absolute atomic E-state index is 0.299. The van der Waals surface area contributed by atoms with Crippen molar-refractivity contribution in [3.8, 4) is 5.75 Å². The zero-order valence-corrected chi connectivity index (χ0v) is 8.82. The zero-order chi connectivity index (χ0) is 12.1. The van der Waals surface area contributed by atoms with Crippen molar-refractivity contribution in [2.24, 2.45) is 5.73 Å². The lowest BCUT2D eigenvalue weighted by molar-refractivity contribution is -0.130. The number of urea groups is 1. The van der Waals surface area contributed by atoms with Gasteiger partial charge in [-0.1, -0.05) is 12.6 Å². The van der Waals surface area contributed by atoms with Crippen LogP contribution in [0.5, 0.6) is 5.75 Å². The first-order chi connectivity index (χ1) is 7.49. The van der Waals surface area contributed by atoms with Gasteiger partial charge < -0.3 is 15.8 Å². The van der Waals surface area contributed by atoms with Crippen LogP contribution >= 0.6 is 0 Å². The Morgan fingerprint density at radius 2 is 2.12 bits per heavy atom. The number of rotatable bonds is 3. The van der Waals surface area contributed by atoms with Gasteiger partial charge in [-0.2, -0.15) is 0 Å². The summed E-state index contributed by atoms with van der Waals surface area (Å²) < 4.78 is 4.97. The smallest absolute Gasteiger partial charge is 0.338 e. The maximum absolute atomic E-state index is 11.2. The number of nitrogens with two attached hydrogens (primary N) is 1. The molecular weight excluding hydrogens is 208 g/mol. The molecule has 0 heterocycles. The van der Waals surface area contributed by atoms with E-state index in [0.717, 1.165) is 0 Å². The quantitative estimate of drug-likeness (QED) is 0.461. The monoisotopic (exact) mass is 220 g/mol. The Morgan fingerprint density at radius 3 is 2.69 bits per heavy atom. The van der Waals surface area contributed by atoms with Gasteiger partial charge in [0.2, 0.25) is 0 Å². The van der Waals surface area contributed by atoms with E-state index < -0.39 is 12.0 Å². The van der Waals surface area contributed by atoms with E-state index in [0.29, 0.717) is 17.0 Å². The summed E-state index contributed by atoms with van der Waals surface area (Å²) in [6, 6.07) is 5.66. The Labute approximate surface area is 92.9 Å². The average molecular weight is 220 g/mol. The molecule has 0 saturated carbocycles. The fourth-order valence-electron chi connectivity index (χ4n) is 0.974. The lowest BCUT2D eigenvalue weighted by atomic mass is 10.3. The van der Waals surface area contributed by atoms with Crippen LogP contribution in [0.1, 0.15) is 6.92 Å². The Bertz CT molecular complexity index is 441. The van der Waals surface area contributed by atoms with E-state index in [1.807, 2.05) is 0 Å². The van der Waals surface area contributed by atoms with Crippen molar-refractivity contribution in [3.63, 3.8) is 0 Å². The summed E-state index contributed by atoms with van der Waals surface area (Å²) in [5.41, 5.74) is 5.71. The number of nitrogens with one attached hydrogen (secondary N) is 1. The summed E-state index contributed by atoms with van der Waals surface area (Å²) in [4.78, 5) is 21.8. The summed E-state index contributed by atoms with van der Waals surface area (Å²) in [5.74, 6) is -0.199. The highest BCUT2D eigenvalue weighted by atomic mass is 16.5. The Morgan fingerprint density at radius 1 is 1.44 bits per heavy atom. The Hall–Kier alpha value is -2.30. The minimum atomic E-state index is -0.677. The largest absolute Gasteiger partial charge is 0.423 e. The van der Waals surface area contributed by atoms with Crippen LogP contribution < -0.4 is 15.8 Å². The van der Waals surface area contributed by atoms with Gasteiger partial charge in [-0.25, -0.2) is 9.59 Å². The van der Waals surface area contributed by atoms with Gasteiger partial charge in [-0.15, -0.1) is 0 Å². The third kappa shape index (κ3) is 3.45. The van der Waals surface area contributed by atoms with Crippen LogP contribution in [0.3, 0.4) is 0 Å². The predicted molar refractivity (Wildman–Crippen MR) is 60.1 cm³/mol. The van der Waals surface area contributed by atoms with Crippen LogP contribution in [-0.2, 0) is 4.79 Å². The van der Waals surface area contributed by atoms with Gasteiger partial charge in [-0.3, -0.25) is 0 Å². The first kappa shape index (κ1) is 11.8. The summed E-state index contributed by atoms with van der Waals surface area (Å²) in [7, 11) is 0. The highest BCUT2D eigenvalue weighted by molar-refractivity contribution is 5.90. The number of anilines is 1. The summed E-state index contributed by atoms with van der Waals surface area (Å²) in [6.07, 6.45) is 0. The van der Waals surface area contributed by atoms with E-state index in [2.05, 4.69) is 11.9 Å². The third-order valence-corrected chi connectivity index (χ3v) is 1.66. The first-order valence-corrected chi connectivity index (χ1v) is 4.53. The first-order valence-electron chi connectivity index (χ1n) is 4.53. The number of benzene rings is 1. The SMILES string of the molecule is C=C(C)C(=O)Oc1cccc(NC(N)=O)c1. The van der Waals surface area contributed by atoms with Crippen LogP contribution in [0.15, 0.2) is 36.4 Å². The molecule has 0 unspecified atom stereocenters. The van der Waals surface area contributed by atoms with Crippen LogP contribution in [0.2, 0.25) is 0 Å². The van der Waals surface area contributed by atoms with Crippen LogP contribution in [0.4, 0.5) is 10.5 Å². The second-order valence-corrected chi connectivity index (χ2v) is 3.19. The van der Waals surface area contributed by atoms with Crippen LogP contribution in [0.25, 0.3) is 0 Å². The average Bonchev–Trinajstić information content (AvgIpc) is 2.16. The van der Waals surface area contributed by atoms with Gasteiger partial charge in [0.25, 0.3) is 0 Å². The highest BCUT2D eigenvalue weighted by Gasteiger charge is 2.05. The van der Waals surface area contributed by atoms with Gasteiger partial charge in [-0.05, 0) is 19.1 Å². The maximum atomic E-state index is 11.2. The van der Waals surface area contributed by atoms with Crippen molar-refractivity contribution in [3.05, 3.63) is 36.4 Å². The fourth-order valence-corrected chi connectivity index (χ4v) is 0.974. The number of carbonyl (C=O) groups is 2. The van der Waals surface area contributed by atoms with E-state index in [-0.39, 0.29) is 0 Å². The summed E-state index contributed by atoms with van der Waals surface area (Å²) in [6.45, 7) is 5.01. The van der Waals surface area contributed by atoms with Gasteiger partial charge in [0.1, 0.15) is 5.75 Å². The Balaban J connectivity index is 2.78. The van der Waals surface area contributed by atoms with Crippen molar-refractivity contribution in [2.75, 3.05) is 5.32 Å². The lowest BCUT2D eigenvalue weighted by Crippen LogP contribution is -2.19. The van der Waals surface area contributed by atoms with Crippen molar-refractivity contribution < 1.29 is 14.3 Å². The maximum Gasteiger partial charge on any atom is 0.338 e. The standard InChI is InChI=1S/C11H12N2O3/c1-7(2)10(14)16-9-5-3-4-8(6-9)13-11(12)15/h3-6H,1H2,2H3,(H3,12,13,15). The molecule has 1 aromatic carbocycles. The number of amides is 2. The molecule has 5 heteroatoms. The third-order valence-electron chi connectivity index (χ3n) is 1.66. The fraction of sp³-hybridized carbons (Fsp3) is 0.0909. The molecule has 0 aromatic heterocycles. The molecule has 1 aromatic rings. The molecule has 0 aliphatic heterocycles. The molecular formula is C11H12N2O3. The molecule has 0 fully saturated rings. The molecule has 1 rings (SSSR count). The topological polar surface area (TPSA) is 81.4 Å². The van der Waals surface area contributed by atoms with Crippen molar-refractivity contribution >= 4 is 17.7 Å². The molecule has 0 aliphatic carbocycles. The molecule has 0 bridgehead atoms. The predicted octanol–water partition coefficient (Wildman–Crippen LogP) is 1.66. The van der Waals surface area contributed by atoms with Gasteiger partial charge in [0.05, 0.1) is 0 Å². The number of hydrogen-bond acceptors (Lipinski definition) is 3. The molecule has 16 heavy (non-hydrogen) atoms. The molecule has 0 atom stereocenters. The number of carbonyl (C=O) groups excluding carboxylic acids is 2. The molecule has 84 valence electrons. The highest BCUT2D eigenvalue weighted by Crippen LogP contribution is 2.17. The van der Waals surface area contributed by atoms with E-state index in [1.165, 1.54) is 6.07 Å². The molecule has 0 saturated heterocycles.